The van der Waals surface area contributed by atoms with Crippen LogP contribution >= 0.6 is 0 Å². The van der Waals surface area contributed by atoms with Crippen molar-refractivity contribution in [2.75, 3.05) is 19.6 Å². The molecule has 0 bridgehead atoms. The highest BCUT2D eigenvalue weighted by Crippen LogP contribution is 2.22. The van der Waals surface area contributed by atoms with E-state index in [9.17, 15) is 9.90 Å². The summed E-state index contributed by atoms with van der Waals surface area (Å²) in [6.45, 7) is 8.09. The molecule has 5 nitrogen and oxygen atoms in total. The Kier molecular flexibility index (Phi) is 5.40. The van der Waals surface area contributed by atoms with Crippen molar-refractivity contribution in [2.24, 2.45) is 5.92 Å². The Bertz CT molecular complexity index is 480. The van der Waals surface area contributed by atoms with Gasteiger partial charge < -0.3 is 15.3 Å². The molecule has 0 radical (unpaired) electrons. The molecule has 0 spiro atoms. The number of aromatic nitrogens is 1. The van der Waals surface area contributed by atoms with E-state index in [2.05, 4.69) is 24.1 Å². The van der Waals surface area contributed by atoms with Gasteiger partial charge in [-0.1, -0.05) is 13.8 Å². The first-order chi connectivity index (χ1) is 10.4. The summed E-state index contributed by atoms with van der Waals surface area (Å²) in [7, 11) is 0. The number of hydrogen-bond acceptors (Lipinski definition) is 3. The first-order valence-electron chi connectivity index (χ1n) is 8.01. The molecule has 2 N–H and O–H groups in total. The van der Waals surface area contributed by atoms with Gasteiger partial charge in [-0.05, 0) is 43.4 Å². The highest BCUT2D eigenvalue weighted by atomic mass is 16.3. The van der Waals surface area contributed by atoms with Crippen LogP contribution in [0, 0.1) is 5.92 Å². The molecule has 0 aliphatic carbocycles. The summed E-state index contributed by atoms with van der Waals surface area (Å²) in [4.78, 5) is 18.2. The van der Waals surface area contributed by atoms with E-state index in [-0.39, 0.29) is 17.6 Å². The summed E-state index contributed by atoms with van der Waals surface area (Å²) < 4.78 is 0. The van der Waals surface area contributed by atoms with Gasteiger partial charge in [0.2, 0.25) is 0 Å². The molecule has 1 unspecified atom stereocenters. The lowest BCUT2D eigenvalue weighted by molar-refractivity contribution is 0.0796. The molecule has 1 aliphatic rings. The highest BCUT2D eigenvalue weighted by Gasteiger charge is 2.27. The van der Waals surface area contributed by atoms with Crippen molar-refractivity contribution in [1.82, 2.24) is 15.2 Å². The van der Waals surface area contributed by atoms with Gasteiger partial charge in [-0.25, -0.2) is 4.79 Å². The molecule has 0 saturated carbocycles. The molecular weight excluding hydrogens is 278 g/mol. The third kappa shape index (κ3) is 4.19. The molecule has 2 rings (SSSR count). The van der Waals surface area contributed by atoms with Crippen LogP contribution in [0.25, 0.3) is 0 Å². The monoisotopic (exact) mass is 305 g/mol. The number of hydrogen-bond donors (Lipinski definition) is 2. The van der Waals surface area contributed by atoms with Crippen molar-refractivity contribution >= 4 is 6.03 Å². The zero-order chi connectivity index (χ0) is 16.2. The Morgan fingerprint density at radius 1 is 1.41 bits per heavy atom. The number of piperidine rings is 1. The number of carbonyl (C=O) groups excluding carboxylic acids is 1. The lowest BCUT2D eigenvalue weighted by Crippen LogP contribution is -2.48. The van der Waals surface area contributed by atoms with Crippen molar-refractivity contribution in [3.05, 3.63) is 30.1 Å². The number of amides is 2. The number of likely N-dealkylation sites (tertiary alicyclic amines) is 1. The van der Waals surface area contributed by atoms with Crippen LogP contribution in [0.2, 0.25) is 0 Å². The van der Waals surface area contributed by atoms with Crippen molar-refractivity contribution < 1.29 is 9.90 Å². The largest absolute Gasteiger partial charge is 0.393 e. The molecule has 1 aromatic heterocycles. The molecule has 122 valence electrons. The van der Waals surface area contributed by atoms with E-state index in [1.807, 2.05) is 24.0 Å². The van der Waals surface area contributed by atoms with Crippen LogP contribution in [0.1, 0.15) is 39.2 Å². The molecule has 1 saturated heterocycles. The number of rotatable bonds is 4. The maximum absolute atomic E-state index is 12.3. The van der Waals surface area contributed by atoms with Gasteiger partial charge >= 0.3 is 6.03 Å². The molecule has 1 fully saturated rings. The second kappa shape index (κ2) is 7.09. The number of nitrogens with zero attached hydrogens (tertiary/aromatic N) is 2. The van der Waals surface area contributed by atoms with Gasteiger partial charge in [0.25, 0.3) is 0 Å². The van der Waals surface area contributed by atoms with E-state index in [4.69, 9.17) is 0 Å². The second-order valence-corrected chi connectivity index (χ2v) is 6.84. The van der Waals surface area contributed by atoms with E-state index in [1.165, 1.54) is 0 Å². The summed E-state index contributed by atoms with van der Waals surface area (Å²) in [5, 5.41) is 12.7. The Balaban J connectivity index is 1.83. The molecule has 1 aliphatic heterocycles. The predicted octanol–water partition coefficient (Wildman–Crippen LogP) is 2.16. The summed E-state index contributed by atoms with van der Waals surface area (Å²) in [5.74, 6) is 0.317. The van der Waals surface area contributed by atoms with Crippen LogP contribution in [0.4, 0.5) is 4.79 Å². The number of carbonyl (C=O) groups is 1. The molecule has 2 amide bonds. The van der Waals surface area contributed by atoms with Crippen LogP contribution in [0.3, 0.4) is 0 Å². The van der Waals surface area contributed by atoms with Crippen LogP contribution in [0.5, 0.6) is 0 Å². The summed E-state index contributed by atoms with van der Waals surface area (Å²) in [5.41, 5.74) is 1.03. The fraction of sp³-hybridized carbons (Fsp3) is 0.647. The molecular formula is C17H27N3O2. The SMILES string of the molecule is CC(O)C1CCN(C(=O)NCC(C)(C)c2ccncc2)CC1. The zero-order valence-corrected chi connectivity index (χ0v) is 13.7. The van der Waals surface area contributed by atoms with Gasteiger partial charge in [-0.3, -0.25) is 4.98 Å². The minimum absolute atomic E-state index is 0.00817. The normalized spacial score (nSPS) is 18.1. The minimum atomic E-state index is -0.282. The quantitative estimate of drug-likeness (QED) is 0.896. The Hall–Kier alpha value is -1.62. The first kappa shape index (κ1) is 16.7. The van der Waals surface area contributed by atoms with Gasteiger partial charge in [0.15, 0.2) is 0 Å². The number of urea groups is 1. The van der Waals surface area contributed by atoms with Crippen molar-refractivity contribution in [3.8, 4) is 0 Å². The molecule has 2 heterocycles. The van der Waals surface area contributed by atoms with Crippen LogP contribution in [-0.2, 0) is 5.41 Å². The fourth-order valence-corrected chi connectivity index (χ4v) is 2.90. The molecule has 22 heavy (non-hydrogen) atoms. The van der Waals surface area contributed by atoms with Crippen LogP contribution < -0.4 is 5.32 Å². The van der Waals surface area contributed by atoms with Crippen LogP contribution in [-0.4, -0.2) is 46.8 Å². The lowest BCUT2D eigenvalue weighted by atomic mass is 9.85. The van der Waals surface area contributed by atoms with Crippen molar-refractivity contribution in [2.45, 2.75) is 45.1 Å². The Morgan fingerprint density at radius 3 is 2.55 bits per heavy atom. The Labute approximate surface area is 132 Å². The highest BCUT2D eigenvalue weighted by molar-refractivity contribution is 5.74. The minimum Gasteiger partial charge on any atom is -0.393 e. The number of nitrogens with one attached hydrogen (secondary N) is 1. The first-order valence-corrected chi connectivity index (χ1v) is 8.01. The molecule has 0 aromatic carbocycles. The van der Waals surface area contributed by atoms with Gasteiger partial charge in [0.05, 0.1) is 6.10 Å². The fourth-order valence-electron chi connectivity index (χ4n) is 2.90. The van der Waals surface area contributed by atoms with Gasteiger partial charge in [0, 0.05) is 37.4 Å². The summed E-state index contributed by atoms with van der Waals surface area (Å²) in [6, 6.07) is 3.96. The third-order valence-electron chi connectivity index (χ3n) is 4.65. The van der Waals surface area contributed by atoms with E-state index < -0.39 is 0 Å². The summed E-state index contributed by atoms with van der Waals surface area (Å²) in [6.07, 6.45) is 5.02. The van der Waals surface area contributed by atoms with E-state index in [0.29, 0.717) is 12.5 Å². The topological polar surface area (TPSA) is 65.5 Å². The van der Waals surface area contributed by atoms with Crippen molar-refractivity contribution in [3.63, 3.8) is 0 Å². The molecule has 1 atom stereocenters. The summed E-state index contributed by atoms with van der Waals surface area (Å²) >= 11 is 0. The molecule has 5 heteroatoms. The third-order valence-corrected chi connectivity index (χ3v) is 4.65. The van der Waals surface area contributed by atoms with Crippen LogP contribution in [0.15, 0.2) is 24.5 Å². The second-order valence-electron chi connectivity index (χ2n) is 6.84. The Morgan fingerprint density at radius 2 is 2.00 bits per heavy atom. The number of aliphatic hydroxyl groups is 1. The average molecular weight is 305 g/mol. The maximum atomic E-state index is 12.3. The van der Waals surface area contributed by atoms with Gasteiger partial charge in [-0.15, -0.1) is 0 Å². The lowest BCUT2D eigenvalue weighted by Gasteiger charge is -2.34. The van der Waals surface area contributed by atoms with E-state index in [0.717, 1.165) is 31.5 Å². The predicted molar refractivity (Wildman–Crippen MR) is 86.6 cm³/mol. The maximum Gasteiger partial charge on any atom is 0.317 e. The van der Waals surface area contributed by atoms with Crippen molar-refractivity contribution in [1.29, 1.82) is 0 Å². The number of pyridine rings is 1. The average Bonchev–Trinajstić information content (AvgIpc) is 2.53. The molecule has 1 aromatic rings. The van der Waals surface area contributed by atoms with Gasteiger partial charge in [0.1, 0.15) is 0 Å². The number of aliphatic hydroxyl groups excluding tert-OH is 1. The standard InChI is InChI=1S/C17H27N3O2/c1-13(21)14-6-10-20(11-7-14)16(22)19-12-17(2,3)15-4-8-18-9-5-15/h4-5,8-9,13-14,21H,6-7,10-12H2,1-3H3,(H,19,22). The van der Waals surface area contributed by atoms with Gasteiger partial charge in [-0.2, -0.15) is 0 Å². The smallest absolute Gasteiger partial charge is 0.317 e. The zero-order valence-electron chi connectivity index (χ0n) is 13.7. The van der Waals surface area contributed by atoms with E-state index >= 15 is 0 Å². The van der Waals surface area contributed by atoms with E-state index in [1.54, 1.807) is 12.4 Å².